The minimum absolute atomic E-state index is 0.715. The molecule has 3 rings (SSSR count). The highest BCUT2D eigenvalue weighted by molar-refractivity contribution is 5.81. The summed E-state index contributed by atoms with van der Waals surface area (Å²) in [5, 5.41) is 26.3. The molecule has 14 heteroatoms. The molecule has 0 aliphatic heterocycles. The SMILES string of the molecule is N#Cc1c(F)c(F)c(-c2c(F)c(F)c(C#N)c(-c3c(F)c(F)c(C#N)c(F)c3F)c2F)c(F)c1F. The van der Waals surface area contributed by atoms with Gasteiger partial charge in [0.15, 0.2) is 58.2 Å². The zero-order chi connectivity index (χ0) is 26.5. The molecular formula is C21F11N3. The van der Waals surface area contributed by atoms with Gasteiger partial charge in [-0.2, -0.15) is 15.8 Å². The molecule has 0 aliphatic carbocycles. The van der Waals surface area contributed by atoms with Crippen molar-refractivity contribution < 1.29 is 48.3 Å². The highest BCUT2D eigenvalue weighted by atomic mass is 19.2. The molecule has 0 heterocycles. The van der Waals surface area contributed by atoms with Gasteiger partial charge in [-0.3, -0.25) is 0 Å². The van der Waals surface area contributed by atoms with E-state index in [1.807, 2.05) is 0 Å². The van der Waals surface area contributed by atoms with E-state index in [4.69, 9.17) is 15.8 Å². The normalized spacial score (nSPS) is 10.6. The summed E-state index contributed by atoms with van der Waals surface area (Å²) in [5.41, 5.74) is -14.9. The van der Waals surface area contributed by atoms with Crippen molar-refractivity contribution in [3.05, 3.63) is 80.7 Å². The first-order chi connectivity index (χ1) is 16.4. The van der Waals surface area contributed by atoms with E-state index in [0.29, 0.717) is 6.07 Å². The lowest BCUT2D eigenvalue weighted by Gasteiger charge is -2.17. The van der Waals surface area contributed by atoms with E-state index >= 15 is 4.39 Å². The molecule has 176 valence electrons. The van der Waals surface area contributed by atoms with Crippen LogP contribution >= 0.6 is 0 Å². The molecule has 0 fully saturated rings. The molecule has 0 saturated carbocycles. The maximum atomic E-state index is 15.3. The molecule has 0 spiro atoms. The van der Waals surface area contributed by atoms with Gasteiger partial charge in [-0.25, -0.2) is 48.3 Å². The van der Waals surface area contributed by atoms with Crippen LogP contribution in [0.4, 0.5) is 48.3 Å². The number of rotatable bonds is 2. The van der Waals surface area contributed by atoms with Crippen LogP contribution in [0.3, 0.4) is 0 Å². The highest BCUT2D eigenvalue weighted by Crippen LogP contribution is 2.43. The third-order valence-electron chi connectivity index (χ3n) is 4.68. The van der Waals surface area contributed by atoms with E-state index in [9.17, 15) is 43.9 Å². The minimum atomic E-state index is -2.69. The second-order valence-corrected chi connectivity index (χ2v) is 6.41. The third-order valence-corrected chi connectivity index (χ3v) is 4.68. The average Bonchev–Trinajstić information content (AvgIpc) is 2.82. The number of hydrogen-bond donors (Lipinski definition) is 0. The third kappa shape index (κ3) is 3.32. The van der Waals surface area contributed by atoms with Gasteiger partial charge >= 0.3 is 0 Å². The Morgan fingerprint density at radius 2 is 0.514 bits per heavy atom. The van der Waals surface area contributed by atoms with Crippen LogP contribution in [0.25, 0.3) is 22.3 Å². The van der Waals surface area contributed by atoms with Crippen LogP contribution < -0.4 is 0 Å². The second kappa shape index (κ2) is 8.61. The van der Waals surface area contributed by atoms with Crippen LogP contribution in [-0.4, -0.2) is 0 Å². The molecule has 0 bridgehead atoms. The fourth-order valence-electron chi connectivity index (χ4n) is 3.12. The molecule has 0 aromatic heterocycles. The Kier molecular flexibility index (Phi) is 6.15. The van der Waals surface area contributed by atoms with Gasteiger partial charge in [-0.05, 0) is 0 Å². The van der Waals surface area contributed by atoms with Gasteiger partial charge in [-0.1, -0.05) is 0 Å². The summed E-state index contributed by atoms with van der Waals surface area (Å²) < 4.78 is 158. The maximum absolute atomic E-state index is 15.3. The van der Waals surface area contributed by atoms with Crippen LogP contribution in [0.2, 0.25) is 0 Å². The topological polar surface area (TPSA) is 71.4 Å². The van der Waals surface area contributed by atoms with Crippen molar-refractivity contribution in [3.8, 4) is 40.5 Å². The largest absolute Gasteiger partial charge is 0.205 e. The lowest BCUT2D eigenvalue weighted by molar-refractivity contribution is 0.447. The predicted molar refractivity (Wildman–Crippen MR) is 91.0 cm³/mol. The van der Waals surface area contributed by atoms with Crippen molar-refractivity contribution >= 4 is 0 Å². The Morgan fingerprint density at radius 1 is 0.286 bits per heavy atom. The average molecular weight is 503 g/mol. The van der Waals surface area contributed by atoms with Gasteiger partial charge in [0.25, 0.3) is 0 Å². The molecule has 35 heavy (non-hydrogen) atoms. The molecular weight excluding hydrogens is 503 g/mol. The van der Waals surface area contributed by atoms with Gasteiger partial charge in [0.05, 0.1) is 16.7 Å². The van der Waals surface area contributed by atoms with E-state index in [0.717, 1.165) is 12.1 Å². The van der Waals surface area contributed by atoms with Gasteiger partial charge in [-0.15, -0.1) is 0 Å². The van der Waals surface area contributed by atoms with Gasteiger partial charge < -0.3 is 0 Å². The van der Waals surface area contributed by atoms with Crippen LogP contribution in [0, 0.1) is 98.0 Å². The standard InChI is InChI=1S/C21F11N3/c22-11-4(1-33)7(8-17(28)12(23)5(2-34)13(24)18(8)29)16(27)9(19(11)30)10-20(31)14(25)6(3-35)15(26)21(10)32. The van der Waals surface area contributed by atoms with Crippen molar-refractivity contribution in [2.75, 3.05) is 0 Å². The number of halogens is 11. The zero-order valence-corrected chi connectivity index (χ0v) is 16.0. The first-order valence-corrected chi connectivity index (χ1v) is 8.50. The smallest absolute Gasteiger partial charge is 0.180 e. The Hall–Kier alpha value is -4.64. The minimum Gasteiger partial charge on any atom is -0.205 e. The van der Waals surface area contributed by atoms with E-state index in [1.165, 1.54) is 0 Å². The molecule has 0 aliphatic rings. The molecule has 3 aromatic rings. The summed E-state index contributed by atoms with van der Waals surface area (Å²) in [7, 11) is 0. The van der Waals surface area contributed by atoms with Gasteiger partial charge in [0, 0.05) is 5.56 Å². The molecule has 0 radical (unpaired) electrons. The number of hydrogen-bond acceptors (Lipinski definition) is 3. The first kappa shape index (κ1) is 25.0. The van der Waals surface area contributed by atoms with Crippen LogP contribution in [-0.2, 0) is 0 Å². The Bertz CT molecular complexity index is 1530. The van der Waals surface area contributed by atoms with Crippen molar-refractivity contribution in [3.63, 3.8) is 0 Å². The molecule has 0 N–H and O–H groups in total. The zero-order valence-electron chi connectivity index (χ0n) is 16.0. The summed E-state index contributed by atoms with van der Waals surface area (Å²) in [6.07, 6.45) is 0. The molecule has 0 atom stereocenters. The van der Waals surface area contributed by atoms with Crippen molar-refractivity contribution in [2.45, 2.75) is 0 Å². The van der Waals surface area contributed by atoms with E-state index in [-0.39, 0.29) is 0 Å². The number of nitrogens with zero attached hydrogens (tertiary/aromatic N) is 3. The van der Waals surface area contributed by atoms with Crippen molar-refractivity contribution in [2.24, 2.45) is 0 Å². The fraction of sp³-hybridized carbons (Fsp3) is 0. The Balaban J connectivity index is 2.65. The van der Waals surface area contributed by atoms with Crippen LogP contribution in [0.1, 0.15) is 16.7 Å². The van der Waals surface area contributed by atoms with Crippen LogP contribution in [0.5, 0.6) is 0 Å². The first-order valence-electron chi connectivity index (χ1n) is 8.50. The monoisotopic (exact) mass is 503 g/mol. The summed E-state index contributed by atoms with van der Waals surface area (Å²) in [6, 6.07) is 2.18. The van der Waals surface area contributed by atoms with Crippen molar-refractivity contribution in [1.82, 2.24) is 0 Å². The van der Waals surface area contributed by atoms with E-state index in [2.05, 4.69) is 0 Å². The summed E-state index contributed by atoms with van der Waals surface area (Å²) in [6.45, 7) is 0. The molecule has 0 unspecified atom stereocenters. The summed E-state index contributed by atoms with van der Waals surface area (Å²) >= 11 is 0. The van der Waals surface area contributed by atoms with E-state index < -0.39 is 103 Å². The lowest BCUT2D eigenvalue weighted by Crippen LogP contribution is -2.12. The second-order valence-electron chi connectivity index (χ2n) is 6.41. The van der Waals surface area contributed by atoms with Gasteiger partial charge in [0.2, 0.25) is 0 Å². The molecule has 3 aromatic carbocycles. The molecule has 0 saturated heterocycles. The number of benzene rings is 3. The Labute approximate surface area is 186 Å². The molecule has 3 nitrogen and oxygen atoms in total. The van der Waals surface area contributed by atoms with E-state index in [1.54, 1.807) is 0 Å². The lowest BCUT2D eigenvalue weighted by atomic mass is 9.90. The van der Waals surface area contributed by atoms with Crippen LogP contribution in [0.15, 0.2) is 0 Å². The molecule has 0 amide bonds. The summed E-state index contributed by atoms with van der Waals surface area (Å²) in [4.78, 5) is 0. The fourth-order valence-corrected chi connectivity index (χ4v) is 3.12. The van der Waals surface area contributed by atoms with Gasteiger partial charge in [0.1, 0.15) is 40.7 Å². The predicted octanol–water partition coefficient (Wildman–Crippen LogP) is 6.17. The maximum Gasteiger partial charge on any atom is 0.180 e. The number of nitriles is 3. The highest BCUT2D eigenvalue weighted by Gasteiger charge is 2.37. The summed E-state index contributed by atoms with van der Waals surface area (Å²) in [5.74, 6) is -28.4. The quantitative estimate of drug-likeness (QED) is 0.311. The Morgan fingerprint density at radius 3 is 0.800 bits per heavy atom. The van der Waals surface area contributed by atoms with Crippen molar-refractivity contribution in [1.29, 1.82) is 15.8 Å².